The molecular weight excluding hydrogens is 228 g/mol. The third kappa shape index (κ3) is 2.62. The molecule has 0 saturated carbocycles. The summed E-state index contributed by atoms with van der Waals surface area (Å²) in [7, 11) is 0. The first-order valence-electron chi connectivity index (χ1n) is 4.17. The molecule has 0 saturated heterocycles. The van der Waals surface area contributed by atoms with Crippen LogP contribution in [0.25, 0.3) is 0 Å². The van der Waals surface area contributed by atoms with E-state index in [4.69, 9.17) is 11.6 Å². The smallest absolute Gasteiger partial charge is 0.357 e. The summed E-state index contributed by atoms with van der Waals surface area (Å²) in [6.07, 6.45) is -1.67. The van der Waals surface area contributed by atoms with Crippen LogP contribution in [-0.2, 0) is 4.74 Å². The highest BCUT2D eigenvalue weighted by atomic mass is 35.5. The van der Waals surface area contributed by atoms with Gasteiger partial charge in [-0.2, -0.15) is 0 Å². The number of nitrogens with zero attached hydrogens (tertiary/aromatic N) is 1. The standard InChI is InChI=1S/C9H8ClF2NO2/c1-2-15-9(14)7-6(8(11)12)5(10)3-4-13-7/h3-4,8H,2H2,1H3. The van der Waals surface area contributed by atoms with Crippen molar-refractivity contribution >= 4 is 17.6 Å². The molecule has 15 heavy (non-hydrogen) atoms. The number of alkyl halides is 2. The number of aromatic nitrogens is 1. The summed E-state index contributed by atoms with van der Waals surface area (Å²) in [4.78, 5) is 14.8. The Morgan fingerprint density at radius 1 is 1.67 bits per heavy atom. The number of hydrogen-bond donors (Lipinski definition) is 0. The fraction of sp³-hybridized carbons (Fsp3) is 0.333. The van der Waals surface area contributed by atoms with E-state index in [2.05, 4.69) is 9.72 Å². The Bertz CT molecular complexity index is 371. The third-order valence-corrected chi connectivity index (χ3v) is 1.95. The monoisotopic (exact) mass is 235 g/mol. The van der Waals surface area contributed by atoms with Crippen molar-refractivity contribution in [1.29, 1.82) is 0 Å². The number of rotatable bonds is 3. The zero-order chi connectivity index (χ0) is 11.4. The van der Waals surface area contributed by atoms with Crippen LogP contribution in [0, 0.1) is 0 Å². The van der Waals surface area contributed by atoms with Crippen molar-refractivity contribution in [3.05, 3.63) is 28.5 Å². The van der Waals surface area contributed by atoms with Gasteiger partial charge in [0.25, 0.3) is 6.43 Å². The Labute approximate surface area is 90.0 Å². The van der Waals surface area contributed by atoms with Crippen molar-refractivity contribution in [2.45, 2.75) is 13.3 Å². The van der Waals surface area contributed by atoms with Crippen LogP contribution >= 0.6 is 11.6 Å². The molecule has 0 atom stereocenters. The second-order valence-corrected chi connectivity index (χ2v) is 2.98. The van der Waals surface area contributed by atoms with E-state index in [9.17, 15) is 13.6 Å². The maximum absolute atomic E-state index is 12.6. The van der Waals surface area contributed by atoms with Crippen molar-refractivity contribution in [3.8, 4) is 0 Å². The molecule has 1 aromatic heterocycles. The van der Waals surface area contributed by atoms with Gasteiger partial charge in [-0.15, -0.1) is 0 Å². The molecule has 1 rings (SSSR count). The van der Waals surface area contributed by atoms with Gasteiger partial charge in [-0.05, 0) is 13.0 Å². The number of pyridine rings is 1. The van der Waals surface area contributed by atoms with Crippen molar-refractivity contribution in [2.75, 3.05) is 6.61 Å². The van der Waals surface area contributed by atoms with Gasteiger partial charge >= 0.3 is 5.97 Å². The molecule has 1 aromatic rings. The van der Waals surface area contributed by atoms with Gasteiger partial charge in [-0.3, -0.25) is 0 Å². The summed E-state index contributed by atoms with van der Waals surface area (Å²) in [5.74, 6) is -0.893. The minimum Gasteiger partial charge on any atom is -0.461 e. The predicted octanol–water partition coefficient (Wildman–Crippen LogP) is 2.85. The Kier molecular flexibility index (Phi) is 3.96. The summed E-state index contributed by atoms with van der Waals surface area (Å²) >= 11 is 5.54. The first kappa shape index (κ1) is 11.8. The summed E-state index contributed by atoms with van der Waals surface area (Å²) in [6.45, 7) is 1.67. The number of esters is 1. The normalized spacial score (nSPS) is 10.5. The van der Waals surface area contributed by atoms with Gasteiger partial charge in [0.05, 0.1) is 17.2 Å². The van der Waals surface area contributed by atoms with Crippen LogP contribution in [-0.4, -0.2) is 17.6 Å². The van der Waals surface area contributed by atoms with Crippen molar-refractivity contribution in [2.24, 2.45) is 0 Å². The maximum atomic E-state index is 12.6. The molecule has 0 aliphatic rings. The first-order valence-corrected chi connectivity index (χ1v) is 4.55. The van der Waals surface area contributed by atoms with E-state index >= 15 is 0 Å². The topological polar surface area (TPSA) is 39.2 Å². The number of carbonyl (C=O) groups is 1. The average Bonchev–Trinajstić information content (AvgIpc) is 2.17. The molecule has 82 valence electrons. The summed E-state index contributed by atoms with van der Waals surface area (Å²) in [5, 5.41) is -0.192. The highest BCUT2D eigenvalue weighted by Gasteiger charge is 2.23. The fourth-order valence-corrected chi connectivity index (χ4v) is 1.25. The van der Waals surface area contributed by atoms with Crippen LogP contribution in [0.2, 0.25) is 5.02 Å². The van der Waals surface area contributed by atoms with Crippen LogP contribution in [0.15, 0.2) is 12.3 Å². The molecule has 0 aliphatic heterocycles. The Hall–Kier alpha value is -1.23. The van der Waals surface area contributed by atoms with E-state index in [0.29, 0.717) is 0 Å². The predicted molar refractivity (Wildman–Crippen MR) is 50.2 cm³/mol. The average molecular weight is 236 g/mol. The minimum absolute atomic E-state index is 0.0930. The van der Waals surface area contributed by atoms with E-state index < -0.39 is 23.7 Å². The van der Waals surface area contributed by atoms with Crippen molar-refractivity contribution in [3.63, 3.8) is 0 Å². The summed E-state index contributed by atoms with van der Waals surface area (Å²) < 4.78 is 29.7. The Morgan fingerprint density at radius 2 is 2.33 bits per heavy atom. The third-order valence-electron chi connectivity index (χ3n) is 1.62. The molecule has 0 bridgehead atoms. The van der Waals surface area contributed by atoms with Crippen LogP contribution < -0.4 is 0 Å². The SMILES string of the molecule is CCOC(=O)c1nccc(Cl)c1C(F)F. The Balaban J connectivity index is 3.17. The Morgan fingerprint density at radius 3 is 2.87 bits per heavy atom. The molecule has 6 heteroatoms. The number of carbonyl (C=O) groups excluding carboxylic acids is 1. The van der Waals surface area contributed by atoms with E-state index in [1.807, 2.05) is 0 Å². The second kappa shape index (κ2) is 5.02. The van der Waals surface area contributed by atoms with Gasteiger partial charge in [0, 0.05) is 6.20 Å². The lowest BCUT2D eigenvalue weighted by molar-refractivity contribution is 0.0507. The van der Waals surface area contributed by atoms with E-state index in [-0.39, 0.29) is 11.6 Å². The molecule has 3 nitrogen and oxygen atoms in total. The molecule has 1 heterocycles. The van der Waals surface area contributed by atoms with Gasteiger partial charge in [-0.25, -0.2) is 18.6 Å². The van der Waals surface area contributed by atoms with Crippen LogP contribution in [0.4, 0.5) is 8.78 Å². The van der Waals surface area contributed by atoms with Gasteiger partial charge < -0.3 is 4.74 Å². The minimum atomic E-state index is -2.86. The van der Waals surface area contributed by atoms with E-state index in [1.54, 1.807) is 6.92 Å². The highest BCUT2D eigenvalue weighted by Crippen LogP contribution is 2.29. The zero-order valence-corrected chi connectivity index (χ0v) is 8.59. The lowest BCUT2D eigenvalue weighted by Gasteiger charge is -2.08. The lowest BCUT2D eigenvalue weighted by Crippen LogP contribution is -2.11. The van der Waals surface area contributed by atoms with Gasteiger partial charge in [0.15, 0.2) is 5.69 Å². The van der Waals surface area contributed by atoms with E-state index in [0.717, 1.165) is 0 Å². The molecule has 0 radical (unpaired) electrons. The maximum Gasteiger partial charge on any atom is 0.357 e. The molecule has 0 fully saturated rings. The number of halogens is 3. The first-order chi connectivity index (χ1) is 7.07. The molecular formula is C9H8ClF2NO2. The molecule has 0 N–H and O–H groups in total. The van der Waals surface area contributed by atoms with Gasteiger partial charge in [0.2, 0.25) is 0 Å². The van der Waals surface area contributed by atoms with Crippen molar-refractivity contribution in [1.82, 2.24) is 4.98 Å². The quantitative estimate of drug-likeness (QED) is 0.757. The van der Waals surface area contributed by atoms with Crippen LogP contribution in [0.3, 0.4) is 0 Å². The largest absolute Gasteiger partial charge is 0.461 e. The molecule has 0 spiro atoms. The number of ether oxygens (including phenoxy) is 1. The number of hydrogen-bond acceptors (Lipinski definition) is 3. The van der Waals surface area contributed by atoms with Crippen LogP contribution in [0.1, 0.15) is 29.4 Å². The molecule has 0 amide bonds. The second-order valence-electron chi connectivity index (χ2n) is 2.58. The van der Waals surface area contributed by atoms with E-state index in [1.165, 1.54) is 12.3 Å². The van der Waals surface area contributed by atoms with Gasteiger partial charge in [-0.1, -0.05) is 11.6 Å². The summed E-state index contributed by atoms with van der Waals surface area (Å²) in [6, 6.07) is 1.20. The molecule has 0 aromatic carbocycles. The highest BCUT2D eigenvalue weighted by molar-refractivity contribution is 6.31. The molecule has 0 unspecified atom stereocenters. The van der Waals surface area contributed by atoms with Crippen LogP contribution in [0.5, 0.6) is 0 Å². The zero-order valence-electron chi connectivity index (χ0n) is 7.84. The van der Waals surface area contributed by atoms with Gasteiger partial charge in [0.1, 0.15) is 0 Å². The van der Waals surface area contributed by atoms with Crippen molar-refractivity contribution < 1.29 is 18.3 Å². The molecule has 0 aliphatic carbocycles. The lowest BCUT2D eigenvalue weighted by atomic mass is 10.2. The fourth-order valence-electron chi connectivity index (χ4n) is 1.02. The summed E-state index contributed by atoms with van der Waals surface area (Å²) in [5.41, 5.74) is -1.02.